The molecule has 1 unspecified atom stereocenters. The van der Waals surface area contributed by atoms with Crippen LogP contribution in [0.2, 0.25) is 0 Å². The lowest BCUT2D eigenvalue weighted by molar-refractivity contribution is -0.126. The summed E-state index contributed by atoms with van der Waals surface area (Å²) in [6.45, 7) is 1.15. The van der Waals surface area contributed by atoms with Crippen LogP contribution in [-0.4, -0.2) is 19.0 Å². The summed E-state index contributed by atoms with van der Waals surface area (Å²) in [6, 6.07) is 3.58. The number of ether oxygens (including phenoxy) is 1. The van der Waals surface area contributed by atoms with Gasteiger partial charge in [0.15, 0.2) is 11.6 Å². The molecule has 2 rings (SSSR count). The lowest BCUT2D eigenvalue weighted by Gasteiger charge is -2.20. The van der Waals surface area contributed by atoms with Crippen LogP contribution in [0.4, 0.5) is 8.78 Å². The molecule has 1 saturated heterocycles. The molecule has 0 radical (unpaired) electrons. The van der Waals surface area contributed by atoms with Crippen molar-refractivity contribution in [3.05, 3.63) is 35.4 Å². The van der Waals surface area contributed by atoms with E-state index in [1.807, 2.05) is 0 Å². The molecular weight excluding hydrogens is 226 g/mol. The Morgan fingerprint density at radius 2 is 2.18 bits per heavy atom. The van der Waals surface area contributed by atoms with E-state index in [1.165, 1.54) is 6.07 Å². The molecule has 1 aromatic rings. The number of benzene rings is 1. The Morgan fingerprint density at radius 1 is 1.35 bits per heavy atom. The molecule has 1 aliphatic heterocycles. The average Bonchev–Trinajstić information content (AvgIpc) is 2.35. The zero-order chi connectivity index (χ0) is 12.3. The molecule has 0 bridgehead atoms. The van der Waals surface area contributed by atoms with Crippen molar-refractivity contribution < 1.29 is 18.3 Å². The van der Waals surface area contributed by atoms with Crippen molar-refractivity contribution in [1.29, 1.82) is 0 Å². The molecule has 0 amide bonds. The zero-order valence-electron chi connectivity index (χ0n) is 9.42. The van der Waals surface area contributed by atoms with Crippen LogP contribution in [0.3, 0.4) is 0 Å². The van der Waals surface area contributed by atoms with E-state index in [9.17, 15) is 13.6 Å². The summed E-state index contributed by atoms with van der Waals surface area (Å²) in [5.74, 6) is -1.86. The highest BCUT2D eigenvalue weighted by molar-refractivity contribution is 5.83. The third-order valence-electron chi connectivity index (χ3n) is 2.98. The van der Waals surface area contributed by atoms with Gasteiger partial charge in [0.25, 0.3) is 0 Å². The molecule has 1 atom stereocenters. The Morgan fingerprint density at radius 3 is 2.82 bits per heavy atom. The fourth-order valence-electron chi connectivity index (χ4n) is 1.99. The van der Waals surface area contributed by atoms with Crippen molar-refractivity contribution in [2.75, 3.05) is 13.2 Å². The molecule has 0 aromatic heterocycles. The molecule has 1 heterocycles. The van der Waals surface area contributed by atoms with Gasteiger partial charge in [-0.05, 0) is 30.5 Å². The van der Waals surface area contributed by atoms with Gasteiger partial charge in [0.2, 0.25) is 0 Å². The van der Waals surface area contributed by atoms with E-state index in [-0.39, 0.29) is 18.1 Å². The van der Waals surface area contributed by atoms with Crippen molar-refractivity contribution in [3.8, 4) is 0 Å². The minimum absolute atomic E-state index is 0.0377. The maximum Gasteiger partial charge on any atom is 0.159 e. The maximum absolute atomic E-state index is 13.0. The maximum atomic E-state index is 13.0. The van der Waals surface area contributed by atoms with Crippen LogP contribution in [0.25, 0.3) is 0 Å². The van der Waals surface area contributed by atoms with Gasteiger partial charge in [0, 0.05) is 18.9 Å². The van der Waals surface area contributed by atoms with Gasteiger partial charge < -0.3 is 4.74 Å². The van der Waals surface area contributed by atoms with Gasteiger partial charge >= 0.3 is 0 Å². The summed E-state index contributed by atoms with van der Waals surface area (Å²) in [7, 11) is 0. The van der Waals surface area contributed by atoms with E-state index in [0.29, 0.717) is 18.8 Å². The summed E-state index contributed by atoms with van der Waals surface area (Å²) in [4.78, 5) is 11.9. The molecular formula is C13H14F2O2. The van der Waals surface area contributed by atoms with Crippen LogP contribution in [0.5, 0.6) is 0 Å². The van der Waals surface area contributed by atoms with Gasteiger partial charge in [-0.15, -0.1) is 0 Å². The first-order valence-corrected chi connectivity index (χ1v) is 5.71. The quantitative estimate of drug-likeness (QED) is 0.811. The summed E-state index contributed by atoms with van der Waals surface area (Å²) < 4.78 is 30.9. The molecule has 17 heavy (non-hydrogen) atoms. The highest BCUT2D eigenvalue weighted by Crippen LogP contribution is 2.17. The summed E-state index contributed by atoms with van der Waals surface area (Å²) in [6.07, 6.45) is 1.85. The van der Waals surface area contributed by atoms with Gasteiger partial charge in [0.05, 0.1) is 6.61 Å². The Hall–Kier alpha value is -1.29. The molecule has 0 saturated carbocycles. The van der Waals surface area contributed by atoms with Gasteiger partial charge in [0.1, 0.15) is 5.78 Å². The smallest absolute Gasteiger partial charge is 0.159 e. The Balaban J connectivity index is 1.99. The SMILES string of the molecule is O=C(Cc1ccc(F)c(F)c1)C1CCCOC1. The van der Waals surface area contributed by atoms with Crippen LogP contribution >= 0.6 is 0 Å². The van der Waals surface area contributed by atoms with Gasteiger partial charge in [-0.25, -0.2) is 8.78 Å². The highest BCUT2D eigenvalue weighted by Gasteiger charge is 2.21. The Kier molecular flexibility index (Phi) is 3.84. The van der Waals surface area contributed by atoms with Crippen molar-refractivity contribution in [2.45, 2.75) is 19.3 Å². The summed E-state index contributed by atoms with van der Waals surface area (Å²) >= 11 is 0. The molecule has 2 nitrogen and oxygen atoms in total. The largest absolute Gasteiger partial charge is 0.381 e. The fraction of sp³-hybridized carbons (Fsp3) is 0.462. The second kappa shape index (κ2) is 5.36. The number of hydrogen-bond acceptors (Lipinski definition) is 2. The van der Waals surface area contributed by atoms with Crippen molar-refractivity contribution in [1.82, 2.24) is 0 Å². The number of rotatable bonds is 3. The lowest BCUT2D eigenvalue weighted by Crippen LogP contribution is -2.26. The van der Waals surface area contributed by atoms with Gasteiger partial charge in [-0.2, -0.15) is 0 Å². The molecule has 4 heteroatoms. The molecule has 92 valence electrons. The average molecular weight is 240 g/mol. The first-order chi connectivity index (χ1) is 8.16. The van der Waals surface area contributed by atoms with Crippen LogP contribution in [0, 0.1) is 17.6 Å². The predicted molar refractivity (Wildman–Crippen MR) is 58.6 cm³/mol. The monoisotopic (exact) mass is 240 g/mol. The molecule has 1 aromatic carbocycles. The lowest BCUT2D eigenvalue weighted by atomic mass is 9.93. The van der Waals surface area contributed by atoms with E-state index >= 15 is 0 Å². The third kappa shape index (κ3) is 3.09. The van der Waals surface area contributed by atoms with E-state index in [4.69, 9.17) is 4.74 Å². The van der Waals surface area contributed by atoms with E-state index in [2.05, 4.69) is 0 Å². The predicted octanol–water partition coefficient (Wildman–Crippen LogP) is 2.50. The van der Waals surface area contributed by atoms with Crippen LogP contribution < -0.4 is 0 Å². The van der Waals surface area contributed by atoms with Crippen molar-refractivity contribution >= 4 is 5.78 Å². The van der Waals surface area contributed by atoms with Crippen LogP contribution in [-0.2, 0) is 16.0 Å². The van der Waals surface area contributed by atoms with Crippen LogP contribution in [0.1, 0.15) is 18.4 Å². The number of ketones is 1. The number of Topliss-reactive ketones (excluding diaryl/α,β-unsaturated/α-hetero) is 1. The zero-order valence-corrected chi connectivity index (χ0v) is 9.42. The minimum Gasteiger partial charge on any atom is -0.381 e. The second-order valence-electron chi connectivity index (χ2n) is 4.31. The number of halogens is 2. The third-order valence-corrected chi connectivity index (χ3v) is 2.98. The highest BCUT2D eigenvalue weighted by atomic mass is 19.2. The van der Waals surface area contributed by atoms with E-state index in [0.717, 1.165) is 25.0 Å². The van der Waals surface area contributed by atoms with Crippen molar-refractivity contribution in [2.24, 2.45) is 5.92 Å². The number of carbonyl (C=O) groups excluding carboxylic acids is 1. The molecule has 1 aliphatic rings. The second-order valence-corrected chi connectivity index (χ2v) is 4.31. The summed E-state index contributed by atoms with van der Waals surface area (Å²) in [5, 5.41) is 0. The fourth-order valence-corrected chi connectivity index (χ4v) is 1.99. The van der Waals surface area contributed by atoms with Gasteiger partial charge in [-0.3, -0.25) is 4.79 Å². The van der Waals surface area contributed by atoms with Gasteiger partial charge in [-0.1, -0.05) is 6.07 Å². The first kappa shape index (κ1) is 12.2. The number of carbonyl (C=O) groups is 1. The Bertz CT molecular complexity index is 412. The van der Waals surface area contributed by atoms with Crippen molar-refractivity contribution in [3.63, 3.8) is 0 Å². The molecule has 1 fully saturated rings. The molecule has 0 aliphatic carbocycles. The summed E-state index contributed by atoms with van der Waals surface area (Å²) in [5.41, 5.74) is 0.513. The molecule has 0 N–H and O–H groups in total. The minimum atomic E-state index is -0.907. The topological polar surface area (TPSA) is 26.3 Å². The van der Waals surface area contributed by atoms with Crippen LogP contribution in [0.15, 0.2) is 18.2 Å². The Labute approximate surface area is 98.6 Å². The van der Waals surface area contributed by atoms with E-state index < -0.39 is 11.6 Å². The normalized spacial score (nSPS) is 20.2. The number of hydrogen-bond donors (Lipinski definition) is 0. The molecule has 0 spiro atoms. The van der Waals surface area contributed by atoms with E-state index in [1.54, 1.807) is 0 Å². The standard InChI is InChI=1S/C13H14F2O2/c14-11-4-3-9(6-12(11)15)7-13(16)10-2-1-5-17-8-10/h3-4,6,10H,1-2,5,7-8H2. The first-order valence-electron chi connectivity index (χ1n) is 5.71.